The molecule has 0 aromatic heterocycles. The van der Waals surface area contributed by atoms with Gasteiger partial charge in [0.15, 0.2) is 0 Å². The van der Waals surface area contributed by atoms with Crippen LogP contribution in [0.1, 0.15) is 93.3 Å². The van der Waals surface area contributed by atoms with Crippen LogP contribution in [-0.2, 0) is 28.4 Å². The molecule has 4 heteroatoms. The van der Waals surface area contributed by atoms with Crippen molar-refractivity contribution < 1.29 is 15.6 Å². The first-order valence-corrected chi connectivity index (χ1v) is 29.3. The van der Waals surface area contributed by atoms with Crippen LogP contribution in [0.4, 0.5) is 0 Å². The summed E-state index contributed by atoms with van der Waals surface area (Å²) < 4.78 is 0.391. The third-order valence-corrected chi connectivity index (χ3v) is 61.5. The molecule has 2 unspecified atom stereocenters. The van der Waals surface area contributed by atoms with E-state index < -0.39 is 21.5 Å². The maximum absolute atomic E-state index is 8.42. The minimum atomic E-state index is -4.59. The van der Waals surface area contributed by atoms with Crippen molar-refractivity contribution in [1.82, 2.24) is 0 Å². The molecule has 2 aliphatic carbocycles. The van der Waals surface area contributed by atoms with Gasteiger partial charge >= 0.3 is 218 Å². The number of aryl methyl sites for hydroxylation is 4. The van der Waals surface area contributed by atoms with E-state index in [4.69, 9.17) is 17.0 Å². The van der Waals surface area contributed by atoms with E-state index in [2.05, 4.69) is 92.7 Å². The molecule has 34 heavy (non-hydrogen) atoms. The molecule has 0 spiro atoms. The van der Waals surface area contributed by atoms with Crippen LogP contribution in [0, 0.1) is 13.8 Å². The van der Waals surface area contributed by atoms with Gasteiger partial charge in [-0.2, -0.15) is 0 Å². The molecule has 0 saturated carbocycles. The first-order valence-electron chi connectivity index (χ1n) is 13.0. The molecule has 0 bridgehead atoms. The van der Waals surface area contributed by atoms with Gasteiger partial charge in [-0.25, -0.2) is 0 Å². The average molecular weight is 592 g/mol. The van der Waals surface area contributed by atoms with Gasteiger partial charge in [0, 0.05) is 0 Å². The summed E-state index contributed by atoms with van der Waals surface area (Å²) in [7, 11) is 16.8. The Kier molecular flexibility index (Phi) is 6.95. The van der Waals surface area contributed by atoms with Crippen LogP contribution in [0.15, 0.2) is 35.4 Å². The zero-order chi connectivity index (χ0) is 25.4. The molecule has 0 radical (unpaired) electrons. The van der Waals surface area contributed by atoms with E-state index in [-0.39, 0.29) is 7.25 Å². The topological polar surface area (TPSA) is 0 Å². The van der Waals surface area contributed by atoms with Gasteiger partial charge in [-0.3, -0.25) is 0 Å². The SMILES string of the molecule is CCc1ccc(C)c2c1C(C)=C(C)[CH]2[Zr]([Cl])([Cl])([CH]1C(C)=C(C)c2c(CC)ccc(C)c21)[SiH](C)C. The van der Waals surface area contributed by atoms with E-state index in [9.17, 15) is 0 Å². The number of halogens is 2. The fourth-order valence-electron chi connectivity index (χ4n) is 7.23. The third kappa shape index (κ3) is 3.38. The van der Waals surface area contributed by atoms with E-state index in [0.717, 1.165) is 12.8 Å². The second kappa shape index (κ2) is 8.86. The first-order chi connectivity index (χ1) is 15.8. The second-order valence-electron chi connectivity index (χ2n) is 11.2. The summed E-state index contributed by atoms with van der Waals surface area (Å²) in [5.74, 6) is -1.49. The van der Waals surface area contributed by atoms with Crippen LogP contribution in [0.5, 0.6) is 0 Å². The first kappa shape index (κ1) is 26.7. The van der Waals surface area contributed by atoms with Crippen molar-refractivity contribution in [2.24, 2.45) is 0 Å². The quantitative estimate of drug-likeness (QED) is 0.304. The molecule has 2 atom stereocenters. The Morgan fingerprint density at radius 3 is 1.32 bits per heavy atom. The molecule has 0 heterocycles. The van der Waals surface area contributed by atoms with Gasteiger partial charge in [0.2, 0.25) is 0 Å². The molecule has 183 valence electrons. The Morgan fingerprint density at radius 1 is 0.676 bits per heavy atom. The fourth-order valence-corrected chi connectivity index (χ4v) is 40.3. The molecule has 0 nitrogen and oxygen atoms in total. The molecule has 2 aliphatic rings. The Morgan fingerprint density at radius 2 is 1.03 bits per heavy atom. The summed E-state index contributed by atoms with van der Waals surface area (Å²) in [5, 5.41) is 0. The molecule has 0 saturated heterocycles. The predicted octanol–water partition coefficient (Wildman–Crippen LogP) is 9.81. The third-order valence-electron chi connectivity index (χ3n) is 9.44. The normalized spacial score (nSPS) is 21.3. The number of allylic oxidation sites excluding steroid dienone is 4. The summed E-state index contributed by atoms with van der Waals surface area (Å²) >= 11 is -4.59. The summed E-state index contributed by atoms with van der Waals surface area (Å²) in [6.45, 7) is 23.3. The predicted molar refractivity (Wildman–Crippen MR) is 154 cm³/mol. The van der Waals surface area contributed by atoms with Crippen LogP contribution in [0.3, 0.4) is 0 Å². The Balaban J connectivity index is 2.13. The number of benzene rings is 2. The van der Waals surface area contributed by atoms with Gasteiger partial charge < -0.3 is 0 Å². The number of rotatable bonds is 5. The molecular formula is C30H41Cl2SiZr. The molecular weight excluding hydrogens is 551 g/mol. The summed E-state index contributed by atoms with van der Waals surface area (Å²) in [6.07, 6.45) is 2.08. The van der Waals surface area contributed by atoms with Crippen molar-refractivity contribution in [3.8, 4) is 0 Å². The van der Waals surface area contributed by atoms with Crippen molar-refractivity contribution in [2.75, 3.05) is 0 Å². The fraction of sp³-hybridized carbons (Fsp3) is 0.467. The van der Waals surface area contributed by atoms with Crippen molar-refractivity contribution in [2.45, 2.75) is 88.6 Å². The van der Waals surface area contributed by atoms with Crippen LogP contribution < -0.4 is 0 Å². The van der Waals surface area contributed by atoms with E-state index in [1.54, 1.807) is 0 Å². The van der Waals surface area contributed by atoms with Gasteiger partial charge in [0.1, 0.15) is 0 Å². The zero-order valence-electron chi connectivity index (χ0n) is 22.7. The molecule has 0 N–H and O–H groups in total. The van der Waals surface area contributed by atoms with E-state index >= 15 is 0 Å². The second-order valence-corrected chi connectivity index (χ2v) is 53.7. The van der Waals surface area contributed by atoms with Crippen molar-refractivity contribution >= 4 is 34.1 Å². The van der Waals surface area contributed by atoms with Crippen LogP contribution in [0.2, 0.25) is 13.1 Å². The number of hydrogen-bond acceptors (Lipinski definition) is 0. The van der Waals surface area contributed by atoms with E-state index in [0.29, 0.717) is 0 Å². The summed E-state index contributed by atoms with van der Waals surface area (Å²) in [5.41, 5.74) is 17.2. The molecule has 2 aromatic carbocycles. The minimum absolute atomic E-state index is 0.196. The van der Waals surface area contributed by atoms with E-state index in [1.165, 1.54) is 66.8 Å². The Bertz CT molecular complexity index is 1170. The van der Waals surface area contributed by atoms with Gasteiger partial charge in [-0.15, -0.1) is 0 Å². The van der Waals surface area contributed by atoms with Gasteiger partial charge in [0.25, 0.3) is 0 Å². The summed E-state index contributed by atoms with van der Waals surface area (Å²) in [4.78, 5) is 0. The monoisotopic (exact) mass is 589 g/mol. The van der Waals surface area contributed by atoms with Gasteiger partial charge in [0.05, 0.1) is 0 Å². The molecule has 0 fully saturated rings. The van der Waals surface area contributed by atoms with Gasteiger partial charge in [-0.1, -0.05) is 0 Å². The number of fused-ring (bicyclic) bond motifs is 2. The van der Waals surface area contributed by atoms with E-state index in [1.807, 2.05) is 0 Å². The summed E-state index contributed by atoms with van der Waals surface area (Å²) in [6, 6.07) is 9.28. The van der Waals surface area contributed by atoms with Crippen molar-refractivity contribution in [3.63, 3.8) is 0 Å². The average Bonchev–Trinajstić information content (AvgIpc) is 3.22. The van der Waals surface area contributed by atoms with Crippen LogP contribution in [0.25, 0.3) is 11.1 Å². The molecule has 0 amide bonds. The van der Waals surface area contributed by atoms with Crippen molar-refractivity contribution in [3.05, 3.63) is 79.9 Å². The molecule has 4 rings (SSSR count). The Labute approximate surface area is 216 Å². The Hall–Kier alpha value is -0.400. The number of hydrogen-bond donors (Lipinski definition) is 0. The van der Waals surface area contributed by atoms with Crippen molar-refractivity contribution in [1.29, 1.82) is 0 Å². The van der Waals surface area contributed by atoms with Crippen LogP contribution >= 0.6 is 17.0 Å². The maximum atomic E-state index is 8.42. The van der Waals surface area contributed by atoms with Gasteiger partial charge in [-0.05, 0) is 0 Å². The molecule has 0 aliphatic heterocycles. The van der Waals surface area contributed by atoms with Crippen LogP contribution in [-0.4, -0.2) is 5.92 Å². The standard InChI is InChI=1S/2C14H17.C2H7Si.2ClH.Zr/c2*1-5-12-7-6-9(2)13-8-10(3)11(4)14(12)13;1-3-2;;;/h2*6-8H,5H2,1-4H3;3H,1-2H3;2*1H;/q;;;;;+2/p-2. The molecule has 2 aromatic rings. The zero-order valence-corrected chi connectivity index (χ0v) is 27.8.